The Bertz CT molecular complexity index is 714. The fraction of sp³-hybridized carbons (Fsp3) is 0.154. The Morgan fingerprint density at radius 3 is 3.15 bits per heavy atom. The molecule has 20 heavy (non-hydrogen) atoms. The van der Waals surface area contributed by atoms with Crippen molar-refractivity contribution in [2.75, 3.05) is 5.32 Å². The largest absolute Gasteiger partial charge is 0.463 e. The number of nitrogens with one attached hydrogen (secondary N) is 2. The first kappa shape index (κ1) is 12.6. The minimum atomic E-state index is -0.277. The Kier molecular flexibility index (Phi) is 3.34. The van der Waals surface area contributed by atoms with Gasteiger partial charge >= 0.3 is 0 Å². The number of hydrogen-bond donors (Lipinski definition) is 2. The lowest BCUT2D eigenvalue weighted by atomic mass is 10.3. The van der Waals surface area contributed by atoms with E-state index >= 15 is 0 Å². The monoisotopic (exact) mass is 288 g/mol. The van der Waals surface area contributed by atoms with Gasteiger partial charge in [0.1, 0.15) is 5.69 Å². The quantitative estimate of drug-likeness (QED) is 0.773. The van der Waals surface area contributed by atoms with Crippen molar-refractivity contribution < 1.29 is 9.21 Å². The van der Waals surface area contributed by atoms with Crippen molar-refractivity contribution in [2.45, 2.75) is 13.3 Å². The molecule has 6 nitrogen and oxygen atoms in total. The molecule has 3 rings (SSSR count). The summed E-state index contributed by atoms with van der Waals surface area (Å²) in [5, 5.41) is 11.8. The van der Waals surface area contributed by atoms with Crippen LogP contribution in [0.25, 0.3) is 11.5 Å². The summed E-state index contributed by atoms with van der Waals surface area (Å²) in [5.41, 5.74) is 1.98. The summed E-state index contributed by atoms with van der Waals surface area (Å²) in [7, 11) is 0. The molecule has 3 heterocycles. The van der Waals surface area contributed by atoms with E-state index in [0.29, 0.717) is 22.3 Å². The van der Waals surface area contributed by atoms with Crippen molar-refractivity contribution in [3.63, 3.8) is 0 Å². The van der Waals surface area contributed by atoms with Crippen LogP contribution in [0.5, 0.6) is 0 Å². The molecule has 0 unspecified atom stereocenters. The molecule has 2 N–H and O–H groups in total. The molecule has 3 aromatic heterocycles. The minimum Gasteiger partial charge on any atom is -0.463 e. The molecule has 0 bridgehead atoms. The maximum absolute atomic E-state index is 12.0. The third kappa shape index (κ3) is 2.48. The Labute approximate surface area is 118 Å². The summed E-state index contributed by atoms with van der Waals surface area (Å²) < 4.78 is 5.25. The smallest absolute Gasteiger partial charge is 0.277 e. The van der Waals surface area contributed by atoms with Crippen LogP contribution in [0.15, 0.2) is 34.3 Å². The van der Waals surface area contributed by atoms with Gasteiger partial charge in [0.25, 0.3) is 5.91 Å². The Balaban J connectivity index is 1.73. The average Bonchev–Trinajstić information content (AvgIpc) is 3.19. The molecule has 0 aromatic carbocycles. The number of furan rings is 1. The number of anilines is 1. The third-order valence-corrected chi connectivity index (χ3v) is 3.50. The highest BCUT2D eigenvalue weighted by Crippen LogP contribution is 2.25. The predicted octanol–water partition coefficient (Wildman–Crippen LogP) is 2.94. The lowest BCUT2D eigenvalue weighted by Gasteiger charge is -1.96. The van der Waals surface area contributed by atoms with Gasteiger partial charge in [0, 0.05) is 11.1 Å². The van der Waals surface area contributed by atoms with Crippen molar-refractivity contribution >= 4 is 22.4 Å². The van der Waals surface area contributed by atoms with Crippen LogP contribution in [0.3, 0.4) is 0 Å². The zero-order valence-electron chi connectivity index (χ0n) is 10.7. The van der Waals surface area contributed by atoms with Crippen molar-refractivity contribution in [1.82, 2.24) is 15.2 Å². The van der Waals surface area contributed by atoms with Gasteiger partial charge in [-0.25, -0.2) is 4.98 Å². The van der Waals surface area contributed by atoms with Gasteiger partial charge in [0.2, 0.25) is 0 Å². The summed E-state index contributed by atoms with van der Waals surface area (Å²) in [4.78, 5) is 16.3. The van der Waals surface area contributed by atoms with Gasteiger partial charge in [-0.3, -0.25) is 15.2 Å². The molecule has 0 fully saturated rings. The van der Waals surface area contributed by atoms with Gasteiger partial charge in [0.15, 0.2) is 16.6 Å². The van der Waals surface area contributed by atoms with Crippen LogP contribution in [0.2, 0.25) is 0 Å². The van der Waals surface area contributed by atoms with E-state index in [2.05, 4.69) is 20.5 Å². The molecule has 0 atom stereocenters. The van der Waals surface area contributed by atoms with Gasteiger partial charge in [0.05, 0.1) is 6.26 Å². The number of aromatic nitrogens is 3. The van der Waals surface area contributed by atoms with Crippen molar-refractivity contribution in [1.29, 1.82) is 0 Å². The molecular weight excluding hydrogens is 276 g/mol. The van der Waals surface area contributed by atoms with Gasteiger partial charge in [-0.15, -0.1) is 11.3 Å². The van der Waals surface area contributed by atoms with Crippen molar-refractivity contribution in [2.24, 2.45) is 0 Å². The van der Waals surface area contributed by atoms with E-state index in [-0.39, 0.29) is 5.91 Å². The highest BCUT2D eigenvalue weighted by atomic mass is 32.1. The predicted molar refractivity (Wildman–Crippen MR) is 75.7 cm³/mol. The number of thiazole rings is 1. The fourth-order valence-corrected chi connectivity index (χ4v) is 2.38. The number of carbonyl (C=O) groups excluding carboxylic acids is 1. The maximum Gasteiger partial charge on any atom is 0.277 e. The van der Waals surface area contributed by atoms with Gasteiger partial charge in [-0.2, -0.15) is 5.10 Å². The molecule has 0 aliphatic heterocycles. The third-order valence-electron chi connectivity index (χ3n) is 2.74. The van der Waals surface area contributed by atoms with E-state index < -0.39 is 0 Å². The van der Waals surface area contributed by atoms with Crippen LogP contribution in [-0.2, 0) is 6.42 Å². The topological polar surface area (TPSA) is 83.8 Å². The van der Waals surface area contributed by atoms with E-state index in [1.165, 1.54) is 11.3 Å². The maximum atomic E-state index is 12.0. The summed E-state index contributed by atoms with van der Waals surface area (Å²) in [6.45, 7) is 1.99. The second-order valence-corrected chi connectivity index (χ2v) is 4.96. The highest BCUT2D eigenvalue weighted by Gasteiger charge is 2.13. The van der Waals surface area contributed by atoms with Crippen molar-refractivity contribution in [3.05, 3.63) is 41.2 Å². The van der Waals surface area contributed by atoms with Crippen LogP contribution in [-0.4, -0.2) is 21.1 Å². The second kappa shape index (κ2) is 5.30. The van der Waals surface area contributed by atoms with Gasteiger partial charge < -0.3 is 4.42 Å². The number of amides is 1. The van der Waals surface area contributed by atoms with Crippen LogP contribution >= 0.6 is 11.3 Å². The second-order valence-electron chi connectivity index (χ2n) is 4.10. The normalized spacial score (nSPS) is 10.7. The molecule has 0 saturated heterocycles. The zero-order chi connectivity index (χ0) is 13.9. The summed E-state index contributed by atoms with van der Waals surface area (Å²) in [6, 6.07) is 5.35. The van der Waals surface area contributed by atoms with Crippen LogP contribution < -0.4 is 5.32 Å². The molecule has 0 aliphatic rings. The average molecular weight is 288 g/mol. The number of nitrogens with zero attached hydrogens (tertiary/aromatic N) is 2. The Morgan fingerprint density at radius 1 is 1.55 bits per heavy atom. The Hall–Kier alpha value is -2.41. The van der Waals surface area contributed by atoms with Crippen LogP contribution in [0.4, 0.5) is 5.13 Å². The number of aromatic amines is 1. The van der Waals surface area contributed by atoms with Gasteiger partial charge in [-0.05, 0) is 24.6 Å². The van der Waals surface area contributed by atoms with E-state index in [0.717, 1.165) is 12.1 Å². The van der Waals surface area contributed by atoms with E-state index in [1.54, 1.807) is 18.4 Å². The lowest BCUT2D eigenvalue weighted by molar-refractivity contribution is 0.102. The van der Waals surface area contributed by atoms with Gasteiger partial charge in [-0.1, -0.05) is 6.92 Å². The summed E-state index contributed by atoms with van der Waals surface area (Å²) in [6.07, 6.45) is 2.39. The Morgan fingerprint density at radius 2 is 2.45 bits per heavy atom. The van der Waals surface area contributed by atoms with E-state index in [4.69, 9.17) is 4.42 Å². The van der Waals surface area contributed by atoms with E-state index in [1.807, 2.05) is 18.4 Å². The van der Waals surface area contributed by atoms with Crippen molar-refractivity contribution in [3.8, 4) is 11.5 Å². The molecule has 0 aliphatic carbocycles. The molecule has 3 aromatic rings. The van der Waals surface area contributed by atoms with Crippen LogP contribution in [0.1, 0.15) is 23.1 Å². The molecule has 7 heteroatoms. The molecule has 0 radical (unpaired) electrons. The van der Waals surface area contributed by atoms with E-state index in [9.17, 15) is 4.79 Å². The lowest BCUT2D eigenvalue weighted by Crippen LogP contribution is -2.12. The highest BCUT2D eigenvalue weighted by molar-refractivity contribution is 7.14. The number of rotatable bonds is 4. The first-order valence-corrected chi connectivity index (χ1v) is 6.99. The summed E-state index contributed by atoms with van der Waals surface area (Å²) in [5.74, 6) is 0.399. The number of H-pyrrole nitrogens is 1. The number of carbonyl (C=O) groups is 1. The zero-order valence-corrected chi connectivity index (χ0v) is 11.5. The number of hydrogen-bond acceptors (Lipinski definition) is 5. The molecule has 0 saturated carbocycles. The fourth-order valence-electron chi connectivity index (χ4n) is 1.69. The first-order valence-electron chi connectivity index (χ1n) is 6.11. The molecule has 1 amide bonds. The SMILES string of the molecule is CCc1cc(C(=O)Nc2nc(-c3ccco3)cs2)n[nH]1. The standard InChI is InChI=1S/C13H12N4O2S/c1-2-8-6-9(17-16-8)12(18)15-13-14-10(7-20-13)11-4-3-5-19-11/h3-7H,2H2,1H3,(H,16,17)(H,14,15,18). The minimum absolute atomic E-state index is 0.277. The molecular formula is C13H12N4O2S. The van der Waals surface area contributed by atoms with Crippen LogP contribution in [0, 0.1) is 0 Å². The first-order chi connectivity index (χ1) is 9.76. The number of aryl methyl sites for hydroxylation is 1. The molecule has 102 valence electrons. The molecule has 0 spiro atoms. The summed E-state index contributed by atoms with van der Waals surface area (Å²) >= 11 is 1.34.